The molecule has 3 heterocycles. The highest BCUT2D eigenvalue weighted by atomic mass is 16.2. The van der Waals surface area contributed by atoms with Crippen molar-refractivity contribution < 1.29 is 4.79 Å². The van der Waals surface area contributed by atoms with Crippen LogP contribution in [0.3, 0.4) is 0 Å². The largest absolute Gasteiger partial charge is 0.368 e. The zero-order valence-electron chi connectivity index (χ0n) is 16.1. The van der Waals surface area contributed by atoms with Crippen LogP contribution >= 0.6 is 0 Å². The van der Waals surface area contributed by atoms with Crippen LogP contribution in [0.4, 0.5) is 5.69 Å². The number of amides is 1. The Labute approximate surface area is 161 Å². The number of piperidine rings is 1. The summed E-state index contributed by atoms with van der Waals surface area (Å²) >= 11 is 0. The van der Waals surface area contributed by atoms with E-state index in [1.165, 1.54) is 24.1 Å². The standard InChI is InChI=1S/C21H29N5O/c1-17-4-2-6-19(14-17)24-10-12-25(13-11-24)21(27)16-26-9-7-20(23-26)18-5-3-8-22-15-18/h2,4,6-7,9,14,18,22H,3,5,8,10-13,15-16H2,1H3/t18-/m1/s1. The number of piperazine rings is 1. The molecule has 2 aromatic rings. The van der Waals surface area contributed by atoms with Crippen LogP contribution in [0, 0.1) is 6.92 Å². The van der Waals surface area contributed by atoms with Crippen LogP contribution < -0.4 is 10.2 Å². The van der Waals surface area contributed by atoms with E-state index in [1.54, 1.807) is 4.68 Å². The van der Waals surface area contributed by atoms with Crippen LogP contribution in [-0.4, -0.2) is 59.9 Å². The summed E-state index contributed by atoms with van der Waals surface area (Å²) in [5, 5.41) is 8.09. The van der Waals surface area contributed by atoms with Crippen molar-refractivity contribution in [3.05, 3.63) is 47.8 Å². The van der Waals surface area contributed by atoms with Crippen LogP contribution in [-0.2, 0) is 11.3 Å². The van der Waals surface area contributed by atoms with Crippen LogP contribution in [0.2, 0.25) is 0 Å². The molecule has 2 fully saturated rings. The monoisotopic (exact) mass is 367 g/mol. The molecule has 2 saturated heterocycles. The van der Waals surface area contributed by atoms with E-state index in [-0.39, 0.29) is 5.91 Å². The van der Waals surface area contributed by atoms with Gasteiger partial charge in [0.1, 0.15) is 6.54 Å². The topological polar surface area (TPSA) is 53.4 Å². The number of hydrogen-bond acceptors (Lipinski definition) is 4. The number of rotatable bonds is 4. The number of hydrogen-bond donors (Lipinski definition) is 1. The molecule has 4 rings (SSSR count). The van der Waals surface area contributed by atoms with Crippen molar-refractivity contribution >= 4 is 11.6 Å². The van der Waals surface area contributed by atoms with E-state index in [0.29, 0.717) is 12.5 Å². The van der Waals surface area contributed by atoms with Gasteiger partial charge >= 0.3 is 0 Å². The second kappa shape index (κ2) is 8.13. The van der Waals surface area contributed by atoms with Gasteiger partial charge in [-0.25, -0.2) is 0 Å². The lowest BCUT2D eigenvalue weighted by Crippen LogP contribution is -2.49. The average molecular weight is 367 g/mol. The summed E-state index contributed by atoms with van der Waals surface area (Å²) in [6.07, 6.45) is 4.32. The Morgan fingerprint density at radius 2 is 2.07 bits per heavy atom. The molecule has 0 bridgehead atoms. The molecule has 1 N–H and O–H groups in total. The Bertz CT molecular complexity index is 772. The van der Waals surface area contributed by atoms with Gasteiger partial charge in [-0.1, -0.05) is 12.1 Å². The van der Waals surface area contributed by atoms with Crippen molar-refractivity contribution in [2.24, 2.45) is 0 Å². The van der Waals surface area contributed by atoms with Crippen molar-refractivity contribution in [3.8, 4) is 0 Å². The molecule has 6 nitrogen and oxygen atoms in total. The minimum Gasteiger partial charge on any atom is -0.368 e. The summed E-state index contributed by atoms with van der Waals surface area (Å²) < 4.78 is 1.80. The number of aromatic nitrogens is 2. The summed E-state index contributed by atoms with van der Waals surface area (Å²) in [7, 11) is 0. The van der Waals surface area contributed by atoms with Crippen LogP contribution in [0.25, 0.3) is 0 Å². The molecule has 6 heteroatoms. The fourth-order valence-corrected chi connectivity index (χ4v) is 4.06. The fourth-order valence-electron chi connectivity index (χ4n) is 4.06. The number of carbonyl (C=O) groups is 1. The maximum absolute atomic E-state index is 12.7. The van der Waals surface area contributed by atoms with Gasteiger partial charge in [-0.05, 0) is 50.1 Å². The van der Waals surface area contributed by atoms with Gasteiger partial charge in [0.2, 0.25) is 5.91 Å². The maximum atomic E-state index is 12.7. The molecule has 144 valence electrons. The highest BCUT2D eigenvalue weighted by Crippen LogP contribution is 2.21. The van der Waals surface area contributed by atoms with Gasteiger partial charge < -0.3 is 15.1 Å². The minimum absolute atomic E-state index is 0.162. The second-order valence-electron chi connectivity index (χ2n) is 7.69. The van der Waals surface area contributed by atoms with Gasteiger partial charge in [-0.3, -0.25) is 9.48 Å². The fraction of sp³-hybridized carbons (Fsp3) is 0.524. The quantitative estimate of drug-likeness (QED) is 0.898. The molecule has 0 unspecified atom stereocenters. The van der Waals surface area contributed by atoms with Crippen molar-refractivity contribution in [2.45, 2.75) is 32.2 Å². The minimum atomic E-state index is 0.162. The van der Waals surface area contributed by atoms with Gasteiger partial charge in [0, 0.05) is 50.5 Å². The van der Waals surface area contributed by atoms with Crippen molar-refractivity contribution in [1.82, 2.24) is 20.0 Å². The van der Waals surface area contributed by atoms with Gasteiger partial charge in [0.05, 0.1) is 5.69 Å². The van der Waals surface area contributed by atoms with E-state index in [2.05, 4.69) is 52.6 Å². The van der Waals surface area contributed by atoms with Gasteiger partial charge in [-0.2, -0.15) is 5.10 Å². The molecule has 0 spiro atoms. The first kappa shape index (κ1) is 18.0. The SMILES string of the molecule is Cc1cccc(N2CCN(C(=O)Cn3ccc([C@@H]4CCCNC4)n3)CC2)c1. The zero-order chi connectivity index (χ0) is 18.6. The highest BCUT2D eigenvalue weighted by molar-refractivity contribution is 5.76. The number of aryl methyl sites for hydroxylation is 1. The van der Waals surface area contributed by atoms with E-state index in [4.69, 9.17) is 0 Å². The predicted octanol–water partition coefficient (Wildman–Crippen LogP) is 2.01. The van der Waals surface area contributed by atoms with Crippen LogP contribution in [0.1, 0.15) is 30.0 Å². The number of benzene rings is 1. The third-order valence-corrected chi connectivity index (χ3v) is 5.67. The molecule has 0 saturated carbocycles. The maximum Gasteiger partial charge on any atom is 0.244 e. The first-order valence-electron chi connectivity index (χ1n) is 10.0. The van der Waals surface area contributed by atoms with Gasteiger partial charge in [0.25, 0.3) is 0 Å². The number of nitrogens with one attached hydrogen (secondary N) is 1. The highest BCUT2D eigenvalue weighted by Gasteiger charge is 2.22. The van der Waals surface area contributed by atoms with E-state index in [0.717, 1.165) is 45.0 Å². The van der Waals surface area contributed by atoms with E-state index >= 15 is 0 Å². The zero-order valence-corrected chi connectivity index (χ0v) is 16.1. The van der Waals surface area contributed by atoms with Crippen LogP contribution in [0.15, 0.2) is 36.5 Å². The van der Waals surface area contributed by atoms with Gasteiger partial charge in [0.15, 0.2) is 0 Å². The molecule has 2 aliphatic heterocycles. The molecular formula is C21H29N5O. The van der Waals surface area contributed by atoms with E-state index in [1.807, 2.05) is 11.1 Å². The first-order chi connectivity index (χ1) is 13.2. The van der Waals surface area contributed by atoms with Crippen molar-refractivity contribution in [2.75, 3.05) is 44.2 Å². The van der Waals surface area contributed by atoms with Crippen molar-refractivity contribution in [1.29, 1.82) is 0 Å². The summed E-state index contributed by atoms with van der Waals surface area (Å²) in [4.78, 5) is 17.0. The molecule has 27 heavy (non-hydrogen) atoms. The Morgan fingerprint density at radius 1 is 1.22 bits per heavy atom. The number of anilines is 1. The van der Waals surface area contributed by atoms with E-state index in [9.17, 15) is 4.79 Å². The molecule has 1 atom stereocenters. The third kappa shape index (κ3) is 4.33. The lowest BCUT2D eigenvalue weighted by Gasteiger charge is -2.36. The molecule has 2 aliphatic rings. The Balaban J connectivity index is 1.30. The first-order valence-corrected chi connectivity index (χ1v) is 10.0. The predicted molar refractivity (Wildman–Crippen MR) is 107 cm³/mol. The smallest absolute Gasteiger partial charge is 0.244 e. The number of nitrogens with zero attached hydrogens (tertiary/aromatic N) is 4. The summed E-state index contributed by atoms with van der Waals surface area (Å²) in [5.74, 6) is 0.642. The Kier molecular flexibility index (Phi) is 5.43. The molecule has 1 aromatic heterocycles. The van der Waals surface area contributed by atoms with Crippen LogP contribution in [0.5, 0.6) is 0 Å². The molecule has 0 aliphatic carbocycles. The van der Waals surface area contributed by atoms with Gasteiger partial charge in [-0.15, -0.1) is 0 Å². The average Bonchev–Trinajstić information content (AvgIpc) is 3.17. The summed E-state index contributed by atoms with van der Waals surface area (Å²) in [5.41, 5.74) is 3.63. The number of carbonyl (C=O) groups excluding carboxylic acids is 1. The molecular weight excluding hydrogens is 338 g/mol. The molecule has 1 aromatic carbocycles. The van der Waals surface area contributed by atoms with Crippen molar-refractivity contribution in [3.63, 3.8) is 0 Å². The lowest BCUT2D eigenvalue weighted by atomic mass is 9.97. The second-order valence-corrected chi connectivity index (χ2v) is 7.69. The lowest BCUT2D eigenvalue weighted by molar-refractivity contribution is -0.132. The third-order valence-electron chi connectivity index (χ3n) is 5.67. The Hall–Kier alpha value is -2.34. The molecule has 1 amide bonds. The summed E-state index contributed by atoms with van der Waals surface area (Å²) in [6.45, 7) is 7.85. The molecule has 0 radical (unpaired) electrons. The van der Waals surface area contributed by atoms with E-state index < -0.39 is 0 Å². The summed E-state index contributed by atoms with van der Waals surface area (Å²) in [6, 6.07) is 10.6. The Morgan fingerprint density at radius 3 is 2.81 bits per heavy atom. The normalized spacial score (nSPS) is 20.7.